The van der Waals surface area contributed by atoms with Crippen molar-refractivity contribution < 1.29 is 24.2 Å². The molecule has 2 aliphatic heterocycles. The summed E-state index contributed by atoms with van der Waals surface area (Å²) in [5.41, 5.74) is 3.48. The minimum absolute atomic E-state index is 0.0236. The number of carbonyl (C=O) groups excluding carboxylic acids is 2. The lowest BCUT2D eigenvalue weighted by molar-refractivity contribution is -0.0463. The van der Waals surface area contributed by atoms with E-state index < -0.39 is 29.4 Å². The molecule has 2 heterocycles. The van der Waals surface area contributed by atoms with Crippen LogP contribution in [0.25, 0.3) is 11.1 Å². The number of likely N-dealkylation sites (tertiary alicyclic amines) is 2. The average Bonchev–Trinajstić information content (AvgIpc) is 3.25. The highest BCUT2D eigenvalue weighted by molar-refractivity contribution is 5.79. The van der Waals surface area contributed by atoms with Crippen molar-refractivity contribution >= 4 is 12.2 Å². The average molecular weight is 451 g/mol. The molecule has 7 heteroatoms. The zero-order valence-electron chi connectivity index (χ0n) is 19.3. The van der Waals surface area contributed by atoms with E-state index in [9.17, 15) is 14.7 Å². The molecule has 3 aliphatic rings. The summed E-state index contributed by atoms with van der Waals surface area (Å²) in [5.74, 6) is -0.0236. The predicted octanol–water partition coefficient (Wildman–Crippen LogP) is 3.99. The van der Waals surface area contributed by atoms with Crippen LogP contribution in [0.1, 0.15) is 44.2 Å². The molecule has 2 amide bonds. The van der Waals surface area contributed by atoms with Crippen molar-refractivity contribution in [2.24, 2.45) is 0 Å². The normalized spacial score (nSPS) is 20.9. The summed E-state index contributed by atoms with van der Waals surface area (Å²) in [6.45, 7) is 6.57. The number of aliphatic hydroxyl groups is 1. The molecule has 1 spiro atoms. The minimum atomic E-state index is -0.633. The smallest absolute Gasteiger partial charge is 0.410 e. The standard InChI is InChI=1S/C26H30N2O5/c1-25(2,3)33-23(30)27-15-26(16-27)12-17(29)13-28(26)24(31)32-14-22-20-10-6-4-8-18(20)19-9-5-7-11-21(19)22/h4-11,17,22,29H,12-16H2,1-3H3. The van der Waals surface area contributed by atoms with E-state index in [0.29, 0.717) is 19.5 Å². The van der Waals surface area contributed by atoms with Gasteiger partial charge >= 0.3 is 12.2 Å². The van der Waals surface area contributed by atoms with Crippen LogP contribution in [-0.2, 0) is 9.47 Å². The second-order valence-corrected chi connectivity index (χ2v) is 10.3. The van der Waals surface area contributed by atoms with Gasteiger partial charge in [-0.1, -0.05) is 48.5 Å². The summed E-state index contributed by atoms with van der Waals surface area (Å²) in [7, 11) is 0. The molecule has 1 aliphatic carbocycles. The molecular formula is C26H30N2O5. The van der Waals surface area contributed by atoms with Crippen LogP contribution in [0.5, 0.6) is 0 Å². The molecule has 1 N–H and O–H groups in total. The minimum Gasteiger partial charge on any atom is -0.448 e. The molecule has 0 bridgehead atoms. The largest absolute Gasteiger partial charge is 0.448 e. The molecular weight excluding hydrogens is 420 g/mol. The second-order valence-electron chi connectivity index (χ2n) is 10.3. The zero-order valence-corrected chi connectivity index (χ0v) is 19.3. The number of rotatable bonds is 2. The summed E-state index contributed by atoms with van der Waals surface area (Å²) in [4.78, 5) is 28.7. The Hall–Kier alpha value is -3.06. The van der Waals surface area contributed by atoms with Crippen molar-refractivity contribution in [1.82, 2.24) is 9.80 Å². The van der Waals surface area contributed by atoms with E-state index >= 15 is 0 Å². The number of amides is 2. The van der Waals surface area contributed by atoms with Crippen LogP contribution >= 0.6 is 0 Å². The van der Waals surface area contributed by atoms with Crippen molar-refractivity contribution in [2.75, 3.05) is 26.2 Å². The molecule has 2 fully saturated rings. The van der Waals surface area contributed by atoms with Gasteiger partial charge in [0.2, 0.25) is 0 Å². The number of β-amino-alcohol motifs (C(OH)–C–C–N with tert-alkyl or cyclic N) is 1. The molecule has 1 atom stereocenters. The van der Waals surface area contributed by atoms with Crippen LogP contribution in [0, 0.1) is 0 Å². The van der Waals surface area contributed by atoms with Gasteiger partial charge < -0.3 is 19.5 Å². The van der Waals surface area contributed by atoms with Crippen molar-refractivity contribution in [3.05, 3.63) is 59.7 Å². The third-order valence-corrected chi connectivity index (χ3v) is 6.76. The molecule has 0 radical (unpaired) electrons. The molecule has 0 aromatic heterocycles. The first kappa shape index (κ1) is 21.8. The number of nitrogens with zero attached hydrogens (tertiary/aromatic N) is 2. The maximum absolute atomic E-state index is 13.1. The van der Waals surface area contributed by atoms with Gasteiger partial charge in [0.25, 0.3) is 0 Å². The summed E-state index contributed by atoms with van der Waals surface area (Å²) in [6, 6.07) is 16.4. The maximum Gasteiger partial charge on any atom is 0.410 e. The van der Waals surface area contributed by atoms with Crippen LogP contribution in [0.3, 0.4) is 0 Å². The van der Waals surface area contributed by atoms with E-state index in [0.717, 1.165) is 11.1 Å². The van der Waals surface area contributed by atoms with Crippen LogP contribution in [-0.4, -0.2) is 70.6 Å². The van der Waals surface area contributed by atoms with E-state index in [4.69, 9.17) is 9.47 Å². The number of fused-ring (bicyclic) bond motifs is 3. The van der Waals surface area contributed by atoms with Crippen molar-refractivity contribution in [2.45, 2.75) is 50.4 Å². The molecule has 33 heavy (non-hydrogen) atoms. The zero-order chi connectivity index (χ0) is 23.4. The Bertz CT molecular complexity index is 1040. The summed E-state index contributed by atoms with van der Waals surface area (Å²) >= 11 is 0. The van der Waals surface area contributed by atoms with E-state index in [2.05, 4.69) is 24.3 Å². The number of hydrogen-bond donors (Lipinski definition) is 1. The third kappa shape index (κ3) is 3.84. The van der Waals surface area contributed by atoms with Gasteiger partial charge in [0.1, 0.15) is 12.2 Å². The molecule has 2 saturated heterocycles. The van der Waals surface area contributed by atoms with Crippen molar-refractivity contribution in [1.29, 1.82) is 0 Å². The molecule has 2 aromatic carbocycles. The molecule has 2 aromatic rings. The fraction of sp³-hybridized carbons (Fsp3) is 0.462. The second kappa shape index (κ2) is 7.76. The molecule has 1 unspecified atom stereocenters. The first-order valence-electron chi connectivity index (χ1n) is 11.5. The lowest BCUT2D eigenvalue weighted by Gasteiger charge is -2.51. The lowest BCUT2D eigenvalue weighted by atomic mass is 9.87. The van der Waals surface area contributed by atoms with Gasteiger partial charge in [-0.15, -0.1) is 0 Å². The van der Waals surface area contributed by atoms with Gasteiger partial charge in [-0.3, -0.25) is 4.90 Å². The van der Waals surface area contributed by atoms with Gasteiger partial charge in [-0.25, -0.2) is 9.59 Å². The molecule has 0 saturated carbocycles. The van der Waals surface area contributed by atoms with E-state index in [1.165, 1.54) is 11.1 Å². The first-order chi connectivity index (χ1) is 15.7. The van der Waals surface area contributed by atoms with Gasteiger partial charge in [0.05, 0.1) is 18.2 Å². The Morgan fingerprint density at radius 3 is 2.15 bits per heavy atom. The Morgan fingerprint density at radius 2 is 1.58 bits per heavy atom. The van der Waals surface area contributed by atoms with Gasteiger partial charge in [0, 0.05) is 25.4 Å². The number of carbonyl (C=O) groups is 2. The first-order valence-corrected chi connectivity index (χ1v) is 11.5. The maximum atomic E-state index is 13.1. The topological polar surface area (TPSA) is 79.3 Å². The Labute approximate surface area is 193 Å². The third-order valence-electron chi connectivity index (χ3n) is 6.76. The highest BCUT2D eigenvalue weighted by atomic mass is 16.6. The van der Waals surface area contributed by atoms with Crippen LogP contribution in [0.2, 0.25) is 0 Å². The Balaban J connectivity index is 1.27. The fourth-order valence-electron chi connectivity index (χ4n) is 5.38. The monoisotopic (exact) mass is 450 g/mol. The van der Waals surface area contributed by atoms with Crippen molar-refractivity contribution in [3.63, 3.8) is 0 Å². The number of benzene rings is 2. The molecule has 5 rings (SSSR count). The lowest BCUT2D eigenvalue weighted by Crippen LogP contribution is -2.70. The molecule has 7 nitrogen and oxygen atoms in total. The summed E-state index contributed by atoms with van der Waals surface area (Å²) in [5, 5.41) is 10.3. The Kier molecular flexibility index (Phi) is 5.12. The fourth-order valence-corrected chi connectivity index (χ4v) is 5.38. The Morgan fingerprint density at radius 1 is 1.00 bits per heavy atom. The number of aliphatic hydroxyl groups excluding tert-OH is 1. The summed E-state index contributed by atoms with van der Waals surface area (Å²) in [6.07, 6.45) is -1.05. The van der Waals surface area contributed by atoms with E-state index in [-0.39, 0.29) is 19.1 Å². The highest BCUT2D eigenvalue weighted by Crippen LogP contribution is 2.45. The molecule has 174 valence electrons. The van der Waals surface area contributed by atoms with Gasteiger partial charge in [-0.05, 0) is 43.0 Å². The van der Waals surface area contributed by atoms with Gasteiger partial charge in [0.15, 0.2) is 0 Å². The van der Waals surface area contributed by atoms with Crippen molar-refractivity contribution in [3.8, 4) is 11.1 Å². The quantitative estimate of drug-likeness (QED) is 0.748. The van der Waals surface area contributed by atoms with Crippen LogP contribution < -0.4 is 0 Å². The van der Waals surface area contributed by atoms with Crippen LogP contribution in [0.4, 0.5) is 9.59 Å². The number of ether oxygens (including phenoxy) is 2. The summed E-state index contributed by atoms with van der Waals surface area (Å²) < 4.78 is 11.3. The highest BCUT2D eigenvalue weighted by Gasteiger charge is 2.57. The van der Waals surface area contributed by atoms with E-state index in [1.54, 1.807) is 9.80 Å². The van der Waals surface area contributed by atoms with Gasteiger partial charge in [-0.2, -0.15) is 0 Å². The SMILES string of the molecule is CC(C)(C)OC(=O)N1CC2(CC(O)CN2C(=O)OCC2c3ccccc3-c3ccccc32)C1. The predicted molar refractivity (Wildman–Crippen MR) is 123 cm³/mol. The van der Waals surface area contributed by atoms with E-state index in [1.807, 2.05) is 45.0 Å². The van der Waals surface area contributed by atoms with Crippen LogP contribution in [0.15, 0.2) is 48.5 Å². The number of hydrogen-bond acceptors (Lipinski definition) is 5.